The lowest BCUT2D eigenvalue weighted by atomic mass is 10.1. The minimum absolute atomic E-state index is 0.208. The van der Waals surface area contributed by atoms with Crippen LogP contribution in [0.3, 0.4) is 0 Å². The first-order valence-corrected chi connectivity index (χ1v) is 37.5. The molecule has 520 valence electrons. The summed E-state index contributed by atoms with van der Waals surface area (Å²) < 4.78 is 14.3. The van der Waals surface area contributed by atoms with Gasteiger partial charge < -0.3 is 9.15 Å². The predicted molar refractivity (Wildman–Crippen MR) is 436 cm³/mol. The van der Waals surface area contributed by atoms with Crippen molar-refractivity contribution >= 4 is 65.2 Å². The highest BCUT2D eigenvalue weighted by Gasteiger charge is 2.27. The molecule has 3 aliphatic rings. The van der Waals surface area contributed by atoms with Crippen molar-refractivity contribution in [3.63, 3.8) is 0 Å². The van der Waals surface area contributed by atoms with Gasteiger partial charge in [-0.05, 0) is 118 Å². The molecule has 0 bridgehead atoms. The number of furan rings is 1. The minimum atomic E-state index is 0.208. The van der Waals surface area contributed by atoms with Crippen LogP contribution in [-0.2, 0) is 6.42 Å². The Hall–Kier alpha value is -5.81. The molecule has 93 heavy (non-hydrogen) atoms. The second kappa shape index (κ2) is 58.7. The summed E-state index contributed by atoms with van der Waals surface area (Å²) in [5.41, 5.74) is 7.68. The van der Waals surface area contributed by atoms with Crippen LogP contribution >= 0.6 is 23.1 Å². The zero-order valence-corrected chi connectivity index (χ0v) is 67.2. The second-order valence-corrected chi connectivity index (χ2v) is 29.2. The van der Waals surface area contributed by atoms with Crippen LogP contribution in [0.4, 0.5) is 0 Å². The molecule has 2 unspecified atom stereocenters. The highest BCUT2D eigenvalue weighted by molar-refractivity contribution is 8.00. The molecule has 0 saturated carbocycles. The van der Waals surface area contributed by atoms with Crippen molar-refractivity contribution in [3.8, 4) is 16.9 Å². The predicted octanol–water partition coefficient (Wildman–Crippen LogP) is 31.3. The molecule has 12 rings (SSSR count). The molecule has 0 N–H and O–H groups in total. The van der Waals surface area contributed by atoms with Crippen LogP contribution in [0.15, 0.2) is 203 Å². The smallest absolute Gasteiger partial charge is 0.135 e. The van der Waals surface area contributed by atoms with E-state index in [0.717, 1.165) is 70.7 Å². The molecule has 2 nitrogen and oxygen atoms in total. The van der Waals surface area contributed by atoms with Crippen molar-refractivity contribution in [3.05, 3.63) is 205 Å². The van der Waals surface area contributed by atoms with Gasteiger partial charge in [-0.3, -0.25) is 0 Å². The normalized spacial score (nSPS) is 12.3. The Balaban J connectivity index is -0.000000480. The number of thiophene rings is 1. The highest BCUT2D eigenvalue weighted by atomic mass is 32.2. The number of para-hydroxylation sites is 3. The highest BCUT2D eigenvalue weighted by Crippen LogP contribution is 2.41. The van der Waals surface area contributed by atoms with Crippen molar-refractivity contribution in [2.45, 2.75) is 244 Å². The van der Waals surface area contributed by atoms with Crippen molar-refractivity contribution in [1.82, 2.24) is 0 Å². The SMILES string of the molecule is C1=CC2Oc3ccccc3SC2C=C1.CC.CC.CC.CC.CC(C)C.CC(C)C.CC(C)C.CC(C)C.CC(C)C.CC(C)C.CC(C)C.CC(C)C.c1ccc2c(c1)Cc1ccccc1-2.c1ccc2c(c1)oc1ccccc12.c1ccc2c(c1)sc1ccccc12. The molecule has 2 atom stereocenters. The molecule has 0 fully saturated rings. The lowest BCUT2D eigenvalue weighted by Gasteiger charge is -2.30. The van der Waals surface area contributed by atoms with E-state index in [2.05, 4.69) is 312 Å². The molecule has 0 radical (unpaired) electrons. The molecule has 1 aliphatic heterocycles. The molecule has 3 heterocycles. The average Bonchev–Trinajstić information content (AvgIpc) is 1.83. The van der Waals surface area contributed by atoms with Gasteiger partial charge in [0.1, 0.15) is 23.0 Å². The van der Waals surface area contributed by atoms with Crippen LogP contribution in [0, 0.1) is 47.3 Å². The van der Waals surface area contributed by atoms with Crippen LogP contribution in [0.2, 0.25) is 0 Å². The Morgan fingerprint density at radius 3 is 0.957 bits per heavy atom. The average molecular weight is 1310 g/mol. The third-order valence-corrected chi connectivity index (χ3v) is 12.1. The lowest BCUT2D eigenvalue weighted by molar-refractivity contribution is 0.244. The van der Waals surface area contributed by atoms with E-state index in [9.17, 15) is 0 Å². The van der Waals surface area contributed by atoms with Crippen LogP contribution in [0.1, 0.15) is 233 Å². The Labute approximate surface area is 584 Å². The third kappa shape index (κ3) is 46.9. The summed E-state index contributed by atoms with van der Waals surface area (Å²) in [5, 5.41) is 5.58. The van der Waals surface area contributed by atoms with Gasteiger partial charge in [0.25, 0.3) is 0 Å². The molecule has 2 aliphatic carbocycles. The third-order valence-electron chi connectivity index (χ3n) is 9.69. The molecule has 0 amide bonds. The summed E-state index contributed by atoms with van der Waals surface area (Å²) in [6.07, 6.45) is 9.77. The van der Waals surface area contributed by atoms with Crippen molar-refractivity contribution in [1.29, 1.82) is 0 Å². The Kier molecular flexibility index (Phi) is 59.1. The minimum Gasteiger partial charge on any atom is -0.484 e. The van der Waals surface area contributed by atoms with Crippen LogP contribution in [-0.4, -0.2) is 11.4 Å². The summed E-state index contributed by atoms with van der Waals surface area (Å²) in [6.45, 7) is 68.0. The van der Waals surface area contributed by atoms with Crippen molar-refractivity contribution in [2.24, 2.45) is 47.3 Å². The fourth-order valence-corrected chi connectivity index (χ4v) is 9.38. The Bertz CT molecular complexity index is 2790. The molecule has 9 aromatic rings. The number of ether oxygens (including phenoxy) is 1. The standard InChI is InChI=1S/C13H10.C12H10OS.C12H8O.C12H8S.8C4H10.4C2H6/c1-3-7-12-10(5-1)9-11-6-2-4-8-13(11)12;1-3-7-11-9(5-1)13-10-6-2-4-8-12(10)14-11;2*1-3-7-11-9(5-1)10-6-2-4-8-12(10)13-11;8*1-4(2)3;4*1-2/h1-8H,9H2;1-9,11H;2*1-8H;8*4H,1-3H3;4*1-2H3. The number of benzene rings is 7. The van der Waals surface area contributed by atoms with Crippen LogP contribution in [0.5, 0.6) is 5.75 Å². The molecule has 0 saturated heterocycles. The van der Waals surface area contributed by atoms with E-state index in [1.54, 1.807) is 0 Å². The zero-order chi connectivity index (χ0) is 72.0. The van der Waals surface area contributed by atoms with Crippen LogP contribution < -0.4 is 4.74 Å². The first-order valence-electron chi connectivity index (χ1n) is 35.8. The van der Waals surface area contributed by atoms with E-state index >= 15 is 0 Å². The van der Waals surface area contributed by atoms with E-state index in [-0.39, 0.29) is 6.10 Å². The van der Waals surface area contributed by atoms with Gasteiger partial charge in [0.2, 0.25) is 0 Å². The van der Waals surface area contributed by atoms with Gasteiger partial charge in [0.05, 0.1) is 10.1 Å². The fraction of sp³-hybridized carbons (Fsp3) is 0.483. The fourth-order valence-electron chi connectivity index (χ4n) is 7.15. The largest absolute Gasteiger partial charge is 0.484 e. The zero-order valence-electron chi connectivity index (χ0n) is 65.6. The summed E-state index contributed by atoms with van der Waals surface area (Å²) in [5.74, 6) is 7.68. The van der Waals surface area contributed by atoms with Crippen molar-refractivity contribution < 1.29 is 9.15 Å². The number of fused-ring (bicyclic) bond motifs is 11. The maximum atomic E-state index is 5.88. The number of hydrogen-bond donors (Lipinski definition) is 0. The molecule has 4 heteroatoms. The topological polar surface area (TPSA) is 22.4 Å². The quantitative estimate of drug-likeness (QED) is 0.151. The van der Waals surface area contributed by atoms with Crippen molar-refractivity contribution in [2.75, 3.05) is 0 Å². The molecule has 7 aromatic carbocycles. The molecule has 0 spiro atoms. The number of hydrogen-bond acceptors (Lipinski definition) is 4. The van der Waals surface area contributed by atoms with Crippen LogP contribution in [0.25, 0.3) is 53.2 Å². The number of thioether (sulfide) groups is 1. The van der Waals surface area contributed by atoms with Gasteiger partial charge in [-0.25, -0.2) is 0 Å². The Morgan fingerprint density at radius 1 is 0.312 bits per heavy atom. The van der Waals surface area contributed by atoms with Gasteiger partial charge in [0, 0.05) is 30.9 Å². The molecular formula is C89H140O2S2. The summed E-state index contributed by atoms with van der Waals surface area (Å²) in [6, 6.07) is 58.9. The maximum absolute atomic E-state index is 5.88. The van der Waals surface area contributed by atoms with Gasteiger partial charge >= 0.3 is 0 Å². The second-order valence-electron chi connectivity index (χ2n) is 26.9. The van der Waals surface area contributed by atoms with Gasteiger partial charge in [-0.15, -0.1) is 23.1 Å². The summed E-state index contributed by atoms with van der Waals surface area (Å²) in [4.78, 5) is 1.24. The van der Waals surface area contributed by atoms with E-state index in [0.29, 0.717) is 5.25 Å². The summed E-state index contributed by atoms with van der Waals surface area (Å²) in [7, 11) is 0. The van der Waals surface area contributed by atoms with Gasteiger partial charge in [-0.2, -0.15) is 0 Å². The molecule has 2 aromatic heterocycles. The van der Waals surface area contributed by atoms with E-state index in [1.165, 1.54) is 58.1 Å². The first kappa shape index (κ1) is 93.6. The van der Waals surface area contributed by atoms with E-state index in [1.807, 2.05) is 127 Å². The number of rotatable bonds is 0. The lowest BCUT2D eigenvalue weighted by Crippen LogP contribution is -2.30. The number of allylic oxidation sites excluding steroid dienone is 2. The monoisotopic (exact) mass is 1310 g/mol. The molecular weight excluding hydrogens is 1170 g/mol. The first-order chi connectivity index (χ1) is 44.1. The van der Waals surface area contributed by atoms with E-state index < -0.39 is 0 Å². The van der Waals surface area contributed by atoms with Gasteiger partial charge in [-0.1, -0.05) is 373 Å². The maximum Gasteiger partial charge on any atom is 0.135 e. The Morgan fingerprint density at radius 2 is 0.591 bits per heavy atom. The summed E-state index contributed by atoms with van der Waals surface area (Å²) >= 11 is 3.74. The van der Waals surface area contributed by atoms with E-state index in [4.69, 9.17) is 9.15 Å². The van der Waals surface area contributed by atoms with Gasteiger partial charge in [0.15, 0.2) is 0 Å².